The number of hydrogen-bond donors (Lipinski definition) is 2. The largest absolute Gasteiger partial charge is 0.391 e. The van der Waals surface area contributed by atoms with Gasteiger partial charge >= 0.3 is 0 Å². The SMILES string of the molecule is CN(C)c1ncccc1C(=O)NC1CCCCC1O. The van der Waals surface area contributed by atoms with Gasteiger partial charge in [0.25, 0.3) is 5.91 Å². The van der Waals surface area contributed by atoms with Gasteiger partial charge in [0.1, 0.15) is 5.82 Å². The van der Waals surface area contributed by atoms with Crippen LogP contribution in [0, 0.1) is 0 Å². The van der Waals surface area contributed by atoms with Crippen molar-refractivity contribution in [2.75, 3.05) is 19.0 Å². The van der Waals surface area contributed by atoms with Crippen molar-refractivity contribution in [2.45, 2.75) is 37.8 Å². The highest BCUT2D eigenvalue weighted by molar-refractivity contribution is 5.99. The quantitative estimate of drug-likeness (QED) is 0.859. The fourth-order valence-electron chi connectivity index (χ4n) is 2.46. The van der Waals surface area contributed by atoms with Gasteiger partial charge in [0, 0.05) is 20.3 Å². The minimum Gasteiger partial charge on any atom is -0.391 e. The molecular weight excluding hydrogens is 242 g/mol. The number of aliphatic hydroxyl groups excluding tert-OH is 1. The van der Waals surface area contributed by atoms with E-state index in [0.717, 1.165) is 25.7 Å². The molecule has 0 aliphatic heterocycles. The van der Waals surface area contributed by atoms with Crippen molar-refractivity contribution in [3.05, 3.63) is 23.9 Å². The number of anilines is 1. The summed E-state index contributed by atoms with van der Waals surface area (Å²) in [4.78, 5) is 18.3. The lowest BCUT2D eigenvalue weighted by Gasteiger charge is -2.28. The zero-order valence-corrected chi connectivity index (χ0v) is 11.5. The lowest BCUT2D eigenvalue weighted by Crippen LogP contribution is -2.45. The van der Waals surface area contributed by atoms with Crippen LogP contribution in [-0.2, 0) is 0 Å². The molecule has 1 saturated carbocycles. The number of pyridine rings is 1. The van der Waals surface area contributed by atoms with Crippen molar-refractivity contribution in [1.82, 2.24) is 10.3 Å². The molecule has 1 aromatic rings. The highest BCUT2D eigenvalue weighted by atomic mass is 16.3. The van der Waals surface area contributed by atoms with E-state index in [1.807, 2.05) is 19.0 Å². The van der Waals surface area contributed by atoms with Gasteiger partial charge in [-0.2, -0.15) is 0 Å². The van der Waals surface area contributed by atoms with Gasteiger partial charge in [0.2, 0.25) is 0 Å². The molecule has 1 aliphatic carbocycles. The summed E-state index contributed by atoms with van der Waals surface area (Å²) in [6.07, 6.45) is 4.92. The van der Waals surface area contributed by atoms with Crippen LogP contribution in [0.15, 0.2) is 18.3 Å². The number of aliphatic hydroxyl groups is 1. The van der Waals surface area contributed by atoms with E-state index in [2.05, 4.69) is 10.3 Å². The molecule has 2 unspecified atom stereocenters. The van der Waals surface area contributed by atoms with E-state index in [9.17, 15) is 9.90 Å². The molecule has 1 fully saturated rings. The standard InChI is InChI=1S/C14H21N3O2/c1-17(2)13-10(6-5-9-15-13)14(19)16-11-7-3-4-8-12(11)18/h5-6,9,11-12,18H,3-4,7-8H2,1-2H3,(H,16,19). The molecule has 0 saturated heterocycles. The van der Waals surface area contributed by atoms with Gasteiger partial charge in [-0.3, -0.25) is 4.79 Å². The molecule has 104 valence electrons. The third-order valence-corrected chi connectivity index (χ3v) is 3.50. The van der Waals surface area contributed by atoms with E-state index in [1.54, 1.807) is 18.3 Å². The van der Waals surface area contributed by atoms with Crippen LogP contribution in [-0.4, -0.2) is 42.2 Å². The molecule has 5 nitrogen and oxygen atoms in total. The average Bonchev–Trinajstić information content (AvgIpc) is 2.41. The molecule has 5 heteroatoms. The Hall–Kier alpha value is -1.62. The predicted molar refractivity (Wildman–Crippen MR) is 74.3 cm³/mol. The Balaban J connectivity index is 2.11. The minimum absolute atomic E-state index is 0.142. The second-order valence-electron chi connectivity index (χ2n) is 5.20. The fourth-order valence-corrected chi connectivity index (χ4v) is 2.46. The van der Waals surface area contributed by atoms with E-state index in [-0.39, 0.29) is 11.9 Å². The van der Waals surface area contributed by atoms with Gasteiger partial charge in [-0.25, -0.2) is 4.98 Å². The van der Waals surface area contributed by atoms with Gasteiger partial charge in [-0.05, 0) is 25.0 Å². The average molecular weight is 263 g/mol. The van der Waals surface area contributed by atoms with Crippen LogP contribution in [0.4, 0.5) is 5.82 Å². The maximum absolute atomic E-state index is 12.3. The first-order valence-electron chi connectivity index (χ1n) is 6.71. The highest BCUT2D eigenvalue weighted by Crippen LogP contribution is 2.20. The Morgan fingerprint density at radius 2 is 2.16 bits per heavy atom. The number of amides is 1. The summed E-state index contributed by atoms with van der Waals surface area (Å²) in [6.45, 7) is 0. The van der Waals surface area contributed by atoms with Crippen LogP contribution >= 0.6 is 0 Å². The molecule has 1 heterocycles. The molecule has 1 amide bonds. The van der Waals surface area contributed by atoms with Gasteiger partial charge < -0.3 is 15.3 Å². The summed E-state index contributed by atoms with van der Waals surface area (Å²) in [7, 11) is 3.71. The first-order valence-corrected chi connectivity index (χ1v) is 6.71. The first-order chi connectivity index (χ1) is 9.09. The van der Waals surface area contributed by atoms with Gasteiger partial charge in [0.15, 0.2) is 0 Å². The monoisotopic (exact) mass is 263 g/mol. The van der Waals surface area contributed by atoms with E-state index < -0.39 is 6.10 Å². The van der Waals surface area contributed by atoms with E-state index in [0.29, 0.717) is 11.4 Å². The normalized spacial score (nSPS) is 22.9. The number of hydrogen-bond acceptors (Lipinski definition) is 4. The number of carbonyl (C=O) groups is 1. The van der Waals surface area contributed by atoms with Gasteiger partial charge in [0.05, 0.1) is 17.7 Å². The summed E-state index contributed by atoms with van der Waals surface area (Å²) >= 11 is 0. The summed E-state index contributed by atoms with van der Waals surface area (Å²) < 4.78 is 0. The molecular formula is C14H21N3O2. The van der Waals surface area contributed by atoms with Crippen molar-refractivity contribution in [3.8, 4) is 0 Å². The van der Waals surface area contributed by atoms with E-state index in [1.165, 1.54) is 0 Å². The van der Waals surface area contributed by atoms with Crippen molar-refractivity contribution >= 4 is 11.7 Å². The summed E-state index contributed by atoms with van der Waals surface area (Å²) in [5.41, 5.74) is 0.547. The lowest BCUT2D eigenvalue weighted by atomic mass is 9.92. The predicted octanol–water partition coefficient (Wildman–Crippen LogP) is 1.18. The molecule has 0 radical (unpaired) electrons. The van der Waals surface area contributed by atoms with Gasteiger partial charge in [-0.1, -0.05) is 12.8 Å². The second kappa shape index (κ2) is 6.02. The molecule has 0 spiro atoms. The zero-order valence-electron chi connectivity index (χ0n) is 11.5. The molecule has 19 heavy (non-hydrogen) atoms. The number of nitrogens with one attached hydrogen (secondary N) is 1. The van der Waals surface area contributed by atoms with Crippen molar-refractivity contribution in [2.24, 2.45) is 0 Å². The van der Waals surface area contributed by atoms with Crippen molar-refractivity contribution in [1.29, 1.82) is 0 Å². The third-order valence-electron chi connectivity index (χ3n) is 3.50. The fraction of sp³-hybridized carbons (Fsp3) is 0.571. The molecule has 0 bridgehead atoms. The molecule has 2 atom stereocenters. The van der Waals surface area contributed by atoms with E-state index >= 15 is 0 Å². The molecule has 2 N–H and O–H groups in total. The first kappa shape index (κ1) is 13.8. The Bertz CT molecular complexity index is 448. The summed E-state index contributed by atoms with van der Waals surface area (Å²) in [5.74, 6) is 0.480. The van der Waals surface area contributed by atoms with Crippen LogP contribution < -0.4 is 10.2 Å². The van der Waals surface area contributed by atoms with Gasteiger partial charge in [-0.15, -0.1) is 0 Å². The molecule has 1 aromatic heterocycles. The van der Waals surface area contributed by atoms with Crippen molar-refractivity contribution in [3.63, 3.8) is 0 Å². The smallest absolute Gasteiger partial charge is 0.255 e. The molecule has 2 rings (SSSR count). The third kappa shape index (κ3) is 3.23. The van der Waals surface area contributed by atoms with Crippen LogP contribution in [0.3, 0.4) is 0 Å². The molecule has 0 aromatic carbocycles. The van der Waals surface area contributed by atoms with Crippen molar-refractivity contribution < 1.29 is 9.90 Å². The lowest BCUT2D eigenvalue weighted by molar-refractivity contribution is 0.0717. The summed E-state index contributed by atoms with van der Waals surface area (Å²) in [6, 6.07) is 3.36. The Labute approximate surface area is 113 Å². The number of nitrogens with zero attached hydrogens (tertiary/aromatic N) is 2. The second-order valence-corrected chi connectivity index (χ2v) is 5.20. The van der Waals surface area contributed by atoms with Crippen LogP contribution in [0.25, 0.3) is 0 Å². The minimum atomic E-state index is -0.433. The van der Waals surface area contributed by atoms with Crippen LogP contribution in [0.5, 0.6) is 0 Å². The Morgan fingerprint density at radius 1 is 1.42 bits per heavy atom. The van der Waals surface area contributed by atoms with Crippen LogP contribution in [0.1, 0.15) is 36.0 Å². The Kier molecular flexibility index (Phi) is 4.37. The maximum Gasteiger partial charge on any atom is 0.255 e. The highest BCUT2D eigenvalue weighted by Gasteiger charge is 2.25. The Morgan fingerprint density at radius 3 is 2.84 bits per heavy atom. The number of aromatic nitrogens is 1. The molecule has 1 aliphatic rings. The van der Waals surface area contributed by atoms with E-state index in [4.69, 9.17) is 0 Å². The van der Waals surface area contributed by atoms with Crippen LogP contribution in [0.2, 0.25) is 0 Å². The number of rotatable bonds is 3. The zero-order chi connectivity index (χ0) is 13.8. The summed E-state index contributed by atoms with van der Waals surface area (Å²) in [5, 5.41) is 12.8. The maximum atomic E-state index is 12.3. The number of carbonyl (C=O) groups excluding carboxylic acids is 1. The topological polar surface area (TPSA) is 65.5 Å².